The number of esters is 1. The number of hydrogen-bond acceptors (Lipinski definition) is 4. The number of rotatable bonds is 3. The molecule has 1 atom stereocenters. The third kappa shape index (κ3) is 2.80. The van der Waals surface area contributed by atoms with Crippen LogP contribution in [0.15, 0.2) is 24.3 Å². The first kappa shape index (κ1) is 14.1. The minimum absolute atomic E-state index is 0.224. The molecular weight excluding hydrogens is 256 g/mol. The molecule has 104 valence electrons. The molecule has 1 heterocycles. The van der Waals surface area contributed by atoms with Crippen LogP contribution in [0.25, 0.3) is 0 Å². The van der Waals surface area contributed by atoms with Crippen LogP contribution in [-0.2, 0) is 9.53 Å². The van der Waals surface area contributed by atoms with E-state index in [1.807, 2.05) is 6.07 Å². The maximum absolute atomic E-state index is 12.4. The highest BCUT2D eigenvalue weighted by atomic mass is 16.5. The number of likely N-dealkylation sites (tertiary alicyclic amines) is 1. The van der Waals surface area contributed by atoms with Gasteiger partial charge in [0.1, 0.15) is 6.04 Å². The minimum atomic E-state index is -0.506. The number of amides is 1. The second kappa shape index (κ2) is 6.20. The third-order valence-electron chi connectivity index (χ3n) is 3.31. The van der Waals surface area contributed by atoms with Gasteiger partial charge in [0.25, 0.3) is 5.91 Å². The van der Waals surface area contributed by atoms with Crippen molar-refractivity contribution in [3.05, 3.63) is 35.4 Å². The molecule has 1 aromatic carbocycles. The van der Waals surface area contributed by atoms with Crippen molar-refractivity contribution in [2.75, 3.05) is 13.2 Å². The van der Waals surface area contributed by atoms with Crippen LogP contribution in [0.1, 0.15) is 35.7 Å². The lowest BCUT2D eigenvalue weighted by Gasteiger charge is -2.23. The van der Waals surface area contributed by atoms with E-state index in [0.29, 0.717) is 30.7 Å². The van der Waals surface area contributed by atoms with Crippen LogP contribution in [-0.4, -0.2) is 36.0 Å². The van der Waals surface area contributed by atoms with Crippen LogP contribution in [0.4, 0.5) is 0 Å². The molecule has 0 spiro atoms. The van der Waals surface area contributed by atoms with Crippen molar-refractivity contribution >= 4 is 11.9 Å². The molecule has 1 saturated heterocycles. The summed E-state index contributed by atoms with van der Waals surface area (Å²) in [6.07, 6.45) is 1.41. The van der Waals surface area contributed by atoms with Crippen LogP contribution in [0.5, 0.6) is 0 Å². The summed E-state index contributed by atoms with van der Waals surface area (Å²) in [4.78, 5) is 25.8. The lowest BCUT2D eigenvalue weighted by molar-refractivity contribution is -0.147. The summed E-state index contributed by atoms with van der Waals surface area (Å²) in [5.41, 5.74) is 0.864. The van der Waals surface area contributed by atoms with Crippen molar-refractivity contribution < 1.29 is 14.3 Å². The van der Waals surface area contributed by atoms with E-state index in [4.69, 9.17) is 10.00 Å². The fourth-order valence-corrected chi connectivity index (χ4v) is 2.38. The molecule has 5 heteroatoms. The number of carbonyl (C=O) groups is 2. The van der Waals surface area contributed by atoms with E-state index in [-0.39, 0.29) is 11.9 Å². The standard InChI is InChI=1S/C15H16N2O3/c1-2-20-15(19)13-7-4-8-17(13)14(18)12-6-3-5-11(9-12)10-16/h3,5-6,9,13H,2,4,7-8H2,1H3. The van der Waals surface area contributed by atoms with E-state index in [1.165, 1.54) is 4.90 Å². The highest BCUT2D eigenvalue weighted by Crippen LogP contribution is 2.21. The van der Waals surface area contributed by atoms with Crippen LogP contribution in [0.2, 0.25) is 0 Å². The summed E-state index contributed by atoms with van der Waals surface area (Å²) in [7, 11) is 0. The summed E-state index contributed by atoms with van der Waals surface area (Å²) >= 11 is 0. The van der Waals surface area contributed by atoms with Gasteiger partial charge >= 0.3 is 5.97 Å². The largest absolute Gasteiger partial charge is 0.464 e. The lowest BCUT2D eigenvalue weighted by Crippen LogP contribution is -2.41. The molecule has 1 fully saturated rings. The number of carbonyl (C=O) groups excluding carboxylic acids is 2. The summed E-state index contributed by atoms with van der Waals surface area (Å²) in [6, 6.07) is 8.01. The van der Waals surface area contributed by atoms with Crippen LogP contribution in [0, 0.1) is 11.3 Å². The lowest BCUT2D eigenvalue weighted by atomic mass is 10.1. The number of nitriles is 1. The Balaban J connectivity index is 2.19. The van der Waals surface area contributed by atoms with Gasteiger partial charge in [0, 0.05) is 12.1 Å². The zero-order valence-corrected chi connectivity index (χ0v) is 11.3. The molecule has 1 aliphatic heterocycles. The van der Waals surface area contributed by atoms with Gasteiger partial charge in [-0.25, -0.2) is 4.79 Å². The van der Waals surface area contributed by atoms with Crippen molar-refractivity contribution in [2.24, 2.45) is 0 Å². The molecule has 0 N–H and O–H groups in total. The maximum atomic E-state index is 12.4. The number of hydrogen-bond donors (Lipinski definition) is 0. The van der Waals surface area contributed by atoms with Crippen LogP contribution in [0.3, 0.4) is 0 Å². The smallest absolute Gasteiger partial charge is 0.328 e. The summed E-state index contributed by atoms with van der Waals surface area (Å²) < 4.78 is 5.00. The zero-order valence-electron chi connectivity index (χ0n) is 11.3. The highest BCUT2D eigenvalue weighted by Gasteiger charge is 2.35. The first-order chi connectivity index (χ1) is 9.67. The Morgan fingerprint density at radius 3 is 3.00 bits per heavy atom. The predicted octanol–water partition coefficient (Wildman–Crippen LogP) is 1.73. The highest BCUT2D eigenvalue weighted by molar-refractivity contribution is 5.97. The van der Waals surface area contributed by atoms with E-state index in [2.05, 4.69) is 0 Å². The van der Waals surface area contributed by atoms with E-state index in [9.17, 15) is 9.59 Å². The number of benzene rings is 1. The molecule has 1 unspecified atom stereocenters. The third-order valence-corrected chi connectivity index (χ3v) is 3.31. The van der Waals surface area contributed by atoms with Crippen molar-refractivity contribution in [1.29, 1.82) is 5.26 Å². The quantitative estimate of drug-likeness (QED) is 0.786. The Morgan fingerprint density at radius 2 is 2.30 bits per heavy atom. The van der Waals surface area contributed by atoms with Crippen LogP contribution < -0.4 is 0 Å². The van der Waals surface area contributed by atoms with Crippen molar-refractivity contribution in [3.63, 3.8) is 0 Å². The number of nitrogens with zero attached hydrogens (tertiary/aromatic N) is 2. The zero-order chi connectivity index (χ0) is 14.5. The summed E-state index contributed by atoms with van der Waals surface area (Å²) in [5.74, 6) is -0.576. The van der Waals surface area contributed by atoms with Crippen molar-refractivity contribution in [3.8, 4) is 6.07 Å². The van der Waals surface area contributed by atoms with Gasteiger partial charge in [-0.15, -0.1) is 0 Å². The predicted molar refractivity (Wildman–Crippen MR) is 71.8 cm³/mol. The molecule has 2 rings (SSSR count). The van der Waals surface area contributed by atoms with Crippen molar-refractivity contribution in [1.82, 2.24) is 4.90 Å². The molecule has 0 aromatic heterocycles. The fraction of sp³-hybridized carbons (Fsp3) is 0.400. The molecule has 0 aliphatic carbocycles. The molecule has 0 bridgehead atoms. The van der Waals surface area contributed by atoms with Crippen molar-refractivity contribution in [2.45, 2.75) is 25.8 Å². The van der Waals surface area contributed by atoms with E-state index in [1.54, 1.807) is 31.2 Å². The number of ether oxygens (including phenoxy) is 1. The average Bonchev–Trinajstić information content (AvgIpc) is 2.96. The molecule has 20 heavy (non-hydrogen) atoms. The normalized spacial score (nSPS) is 17.6. The summed E-state index contributed by atoms with van der Waals surface area (Å²) in [6.45, 7) is 2.59. The van der Waals surface area contributed by atoms with Gasteiger partial charge in [-0.3, -0.25) is 4.79 Å². The van der Waals surface area contributed by atoms with Crippen LogP contribution >= 0.6 is 0 Å². The van der Waals surface area contributed by atoms with Gasteiger partial charge in [0.05, 0.1) is 18.2 Å². The SMILES string of the molecule is CCOC(=O)C1CCCN1C(=O)c1cccc(C#N)c1. The maximum Gasteiger partial charge on any atom is 0.328 e. The average molecular weight is 272 g/mol. The van der Waals surface area contributed by atoms with Gasteiger partial charge in [0.2, 0.25) is 0 Å². The van der Waals surface area contributed by atoms with E-state index < -0.39 is 6.04 Å². The summed E-state index contributed by atoms with van der Waals surface area (Å²) in [5, 5.41) is 8.87. The van der Waals surface area contributed by atoms with Gasteiger partial charge in [-0.05, 0) is 38.0 Å². The topological polar surface area (TPSA) is 70.4 Å². The monoisotopic (exact) mass is 272 g/mol. The van der Waals surface area contributed by atoms with Gasteiger partial charge in [0.15, 0.2) is 0 Å². The molecular formula is C15H16N2O3. The van der Waals surface area contributed by atoms with Gasteiger partial charge in [-0.2, -0.15) is 5.26 Å². The Bertz CT molecular complexity index is 562. The molecule has 1 aliphatic rings. The minimum Gasteiger partial charge on any atom is -0.464 e. The van der Waals surface area contributed by atoms with Gasteiger partial charge < -0.3 is 9.64 Å². The Kier molecular flexibility index (Phi) is 4.36. The van der Waals surface area contributed by atoms with Gasteiger partial charge in [-0.1, -0.05) is 6.07 Å². The fourth-order valence-electron chi connectivity index (χ4n) is 2.38. The molecule has 1 aromatic rings. The van der Waals surface area contributed by atoms with E-state index >= 15 is 0 Å². The molecule has 1 amide bonds. The first-order valence-electron chi connectivity index (χ1n) is 6.65. The Labute approximate surface area is 117 Å². The van der Waals surface area contributed by atoms with E-state index in [0.717, 1.165) is 6.42 Å². The molecule has 5 nitrogen and oxygen atoms in total. The Hall–Kier alpha value is -2.35. The second-order valence-corrected chi connectivity index (χ2v) is 4.60. The molecule has 0 radical (unpaired) electrons. The Morgan fingerprint density at radius 1 is 1.50 bits per heavy atom. The second-order valence-electron chi connectivity index (χ2n) is 4.60. The first-order valence-corrected chi connectivity index (χ1v) is 6.65. The molecule has 0 saturated carbocycles.